The van der Waals surface area contributed by atoms with Crippen molar-refractivity contribution in [1.29, 1.82) is 0 Å². The Kier molecular flexibility index (Phi) is 5.02. The van der Waals surface area contributed by atoms with Gasteiger partial charge in [0.15, 0.2) is 0 Å². The summed E-state index contributed by atoms with van der Waals surface area (Å²) in [6.45, 7) is 4.76. The molecule has 1 aliphatic rings. The van der Waals surface area contributed by atoms with E-state index in [2.05, 4.69) is 6.92 Å². The fraction of sp³-hybridized carbons (Fsp3) is 0.471. The van der Waals surface area contributed by atoms with Crippen molar-refractivity contribution in [2.45, 2.75) is 38.8 Å². The summed E-state index contributed by atoms with van der Waals surface area (Å²) in [5.74, 6) is 0.888. The van der Waals surface area contributed by atoms with Gasteiger partial charge in [0.1, 0.15) is 5.75 Å². The Morgan fingerprint density at radius 3 is 2.62 bits per heavy atom. The molecule has 1 aliphatic heterocycles. The Balaban J connectivity index is 2.08. The van der Waals surface area contributed by atoms with Gasteiger partial charge in [0.25, 0.3) is 0 Å². The molecule has 2 N–H and O–H groups in total. The highest BCUT2D eigenvalue weighted by molar-refractivity contribution is 5.95. The standard InChI is InChI=1S/C17H24N2O2/c1-12(14-4-6-16(21-3)7-5-14)10-17(20)19-9-8-15(18)11-13(19)2/h4-7,10,13,15H,8-9,11,18H2,1-3H3/b12-10+. The van der Waals surface area contributed by atoms with E-state index in [1.807, 2.05) is 36.1 Å². The first-order valence-electron chi connectivity index (χ1n) is 7.40. The van der Waals surface area contributed by atoms with Crippen molar-refractivity contribution < 1.29 is 9.53 Å². The van der Waals surface area contributed by atoms with E-state index in [1.54, 1.807) is 13.2 Å². The van der Waals surface area contributed by atoms with Crippen molar-refractivity contribution in [1.82, 2.24) is 4.90 Å². The lowest BCUT2D eigenvalue weighted by atomic mass is 9.98. The molecule has 1 aromatic rings. The molecule has 0 spiro atoms. The first-order valence-corrected chi connectivity index (χ1v) is 7.40. The number of nitrogens with zero attached hydrogens (tertiary/aromatic N) is 1. The van der Waals surface area contributed by atoms with E-state index in [0.717, 1.165) is 36.3 Å². The van der Waals surface area contributed by atoms with E-state index in [4.69, 9.17) is 10.5 Å². The summed E-state index contributed by atoms with van der Waals surface area (Å²) in [6, 6.07) is 8.16. The molecule has 0 bridgehead atoms. The summed E-state index contributed by atoms with van der Waals surface area (Å²) < 4.78 is 5.14. The van der Waals surface area contributed by atoms with Gasteiger partial charge in [-0.15, -0.1) is 0 Å². The lowest BCUT2D eigenvalue weighted by molar-refractivity contribution is -0.129. The molecule has 0 radical (unpaired) electrons. The van der Waals surface area contributed by atoms with E-state index in [-0.39, 0.29) is 18.0 Å². The van der Waals surface area contributed by atoms with E-state index in [9.17, 15) is 4.79 Å². The maximum absolute atomic E-state index is 12.4. The number of benzene rings is 1. The molecule has 2 rings (SSSR count). The number of hydrogen-bond donors (Lipinski definition) is 1. The van der Waals surface area contributed by atoms with Crippen molar-refractivity contribution >= 4 is 11.5 Å². The van der Waals surface area contributed by atoms with Crippen LogP contribution in [0.2, 0.25) is 0 Å². The van der Waals surface area contributed by atoms with Crippen molar-refractivity contribution in [2.24, 2.45) is 5.73 Å². The monoisotopic (exact) mass is 288 g/mol. The highest BCUT2D eigenvalue weighted by Gasteiger charge is 2.25. The third kappa shape index (κ3) is 3.85. The Hall–Kier alpha value is -1.81. The number of likely N-dealkylation sites (tertiary alicyclic amines) is 1. The Bertz CT molecular complexity index is 522. The van der Waals surface area contributed by atoms with Gasteiger partial charge in [0.2, 0.25) is 5.91 Å². The van der Waals surface area contributed by atoms with Crippen LogP contribution in [0.1, 0.15) is 32.3 Å². The van der Waals surface area contributed by atoms with Crippen molar-refractivity contribution in [2.75, 3.05) is 13.7 Å². The molecular formula is C17H24N2O2. The fourth-order valence-electron chi connectivity index (χ4n) is 2.74. The van der Waals surface area contributed by atoms with Crippen LogP contribution in [0.3, 0.4) is 0 Å². The summed E-state index contributed by atoms with van der Waals surface area (Å²) in [5, 5.41) is 0. The Morgan fingerprint density at radius 1 is 1.38 bits per heavy atom. The zero-order chi connectivity index (χ0) is 15.4. The fourth-order valence-corrected chi connectivity index (χ4v) is 2.74. The molecule has 21 heavy (non-hydrogen) atoms. The SMILES string of the molecule is COc1ccc(/C(C)=C/C(=O)N2CCC(N)CC2C)cc1. The number of piperidine rings is 1. The van der Waals surface area contributed by atoms with Gasteiger partial charge in [-0.05, 0) is 50.0 Å². The van der Waals surface area contributed by atoms with E-state index in [1.165, 1.54) is 0 Å². The summed E-state index contributed by atoms with van der Waals surface area (Å²) in [4.78, 5) is 14.3. The van der Waals surface area contributed by atoms with Crippen molar-refractivity contribution in [3.05, 3.63) is 35.9 Å². The van der Waals surface area contributed by atoms with Crippen LogP contribution in [-0.2, 0) is 4.79 Å². The average Bonchev–Trinajstić information content (AvgIpc) is 2.47. The van der Waals surface area contributed by atoms with Gasteiger partial charge in [-0.1, -0.05) is 12.1 Å². The lowest BCUT2D eigenvalue weighted by Gasteiger charge is -2.35. The van der Waals surface area contributed by atoms with Crippen LogP contribution in [0.25, 0.3) is 5.57 Å². The van der Waals surface area contributed by atoms with Crippen LogP contribution in [0.5, 0.6) is 5.75 Å². The van der Waals surface area contributed by atoms with Gasteiger partial charge in [0.05, 0.1) is 7.11 Å². The largest absolute Gasteiger partial charge is 0.497 e. The Labute approximate surface area is 126 Å². The molecule has 0 aromatic heterocycles. The van der Waals surface area contributed by atoms with Crippen LogP contribution in [0.4, 0.5) is 0 Å². The number of rotatable bonds is 3. The van der Waals surface area contributed by atoms with Crippen LogP contribution in [0, 0.1) is 0 Å². The molecule has 1 saturated heterocycles. The number of methoxy groups -OCH3 is 1. The second-order valence-corrected chi connectivity index (χ2v) is 5.72. The number of allylic oxidation sites excluding steroid dienone is 1. The third-order valence-electron chi connectivity index (χ3n) is 4.09. The molecule has 1 amide bonds. The van der Waals surface area contributed by atoms with Gasteiger partial charge in [-0.3, -0.25) is 4.79 Å². The van der Waals surface area contributed by atoms with Gasteiger partial charge < -0.3 is 15.4 Å². The minimum Gasteiger partial charge on any atom is -0.497 e. The van der Waals surface area contributed by atoms with Gasteiger partial charge in [-0.2, -0.15) is 0 Å². The number of carbonyl (C=O) groups is 1. The number of ether oxygens (including phenoxy) is 1. The number of hydrogen-bond acceptors (Lipinski definition) is 3. The number of amides is 1. The van der Waals surface area contributed by atoms with Crippen LogP contribution in [0.15, 0.2) is 30.3 Å². The molecule has 0 saturated carbocycles. The third-order valence-corrected chi connectivity index (χ3v) is 4.09. The lowest BCUT2D eigenvalue weighted by Crippen LogP contribution is -2.47. The summed E-state index contributed by atoms with van der Waals surface area (Å²) in [5.41, 5.74) is 7.94. The molecule has 0 aliphatic carbocycles. The molecule has 4 nitrogen and oxygen atoms in total. The van der Waals surface area contributed by atoms with E-state index < -0.39 is 0 Å². The molecule has 1 aromatic carbocycles. The first kappa shape index (κ1) is 15.6. The molecule has 1 heterocycles. The molecule has 2 atom stereocenters. The number of carbonyl (C=O) groups excluding carboxylic acids is 1. The second-order valence-electron chi connectivity index (χ2n) is 5.72. The summed E-state index contributed by atoms with van der Waals surface area (Å²) in [6.07, 6.45) is 3.47. The second kappa shape index (κ2) is 6.76. The summed E-state index contributed by atoms with van der Waals surface area (Å²) in [7, 11) is 1.64. The van der Waals surface area contributed by atoms with Gasteiger partial charge in [0, 0.05) is 24.7 Å². The van der Waals surface area contributed by atoms with Crippen LogP contribution in [-0.4, -0.2) is 36.5 Å². The molecule has 114 valence electrons. The molecular weight excluding hydrogens is 264 g/mol. The maximum Gasteiger partial charge on any atom is 0.247 e. The quantitative estimate of drug-likeness (QED) is 0.869. The topological polar surface area (TPSA) is 55.6 Å². The van der Waals surface area contributed by atoms with Crippen molar-refractivity contribution in [3.8, 4) is 5.75 Å². The molecule has 4 heteroatoms. The van der Waals surface area contributed by atoms with Gasteiger partial charge >= 0.3 is 0 Å². The normalized spacial score (nSPS) is 23.0. The zero-order valence-electron chi connectivity index (χ0n) is 13.0. The van der Waals surface area contributed by atoms with Crippen molar-refractivity contribution in [3.63, 3.8) is 0 Å². The highest BCUT2D eigenvalue weighted by Crippen LogP contribution is 2.20. The van der Waals surface area contributed by atoms with E-state index in [0.29, 0.717) is 0 Å². The number of nitrogens with two attached hydrogens (primary N) is 1. The predicted octanol–water partition coefficient (Wildman–Crippen LogP) is 2.44. The summed E-state index contributed by atoms with van der Waals surface area (Å²) >= 11 is 0. The van der Waals surface area contributed by atoms with Gasteiger partial charge in [-0.25, -0.2) is 0 Å². The Morgan fingerprint density at radius 2 is 2.05 bits per heavy atom. The smallest absolute Gasteiger partial charge is 0.247 e. The highest BCUT2D eigenvalue weighted by atomic mass is 16.5. The average molecular weight is 288 g/mol. The molecule has 1 fully saturated rings. The molecule has 2 unspecified atom stereocenters. The minimum atomic E-state index is 0.0720. The van der Waals surface area contributed by atoms with Crippen LogP contribution >= 0.6 is 0 Å². The van der Waals surface area contributed by atoms with Crippen LogP contribution < -0.4 is 10.5 Å². The van der Waals surface area contributed by atoms with E-state index >= 15 is 0 Å². The zero-order valence-corrected chi connectivity index (χ0v) is 13.0. The maximum atomic E-state index is 12.4. The minimum absolute atomic E-state index is 0.0720. The predicted molar refractivity (Wildman–Crippen MR) is 85.0 cm³/mol. The first-order chi connectivity index (χ1) is 10.0.